The van der Waals surface area contributed by atoms with Crippen LogP contribution >= 0.6 is 0 Å². The largest absolute Gasteiger partial charge is 0.273 e. The van der Waals surface area contributed by atoms with Gasteiger partial charge >= 0.3 is 0 Å². The Morgan fingerprint density at radius 2 is 1.50 bits per heavy atom. The molecular formula is C26H26N6O2. The summed E-state index contributed by atoms with van der Waals surface area (Å²) in [7, 11) is 0. The van der Waals surface area contributed by atoms with E-state index in [1.807, 2.05) is 54.6 Å². The second-order valence-electron chi connectivity index (χ2n) is 7.88. The van der Waals surface area contributed by atoms with Gasteiger partial charge in [0.15, 0.2) is 0 Å². The number of aromatic nitrogens is 4. The van der Waals surface area contributed by atoms with Crippen LogP contribution in [0, 0.1) is 0 Å². The van der Waals surface area contributed by atoms with Crippen LogP contribution in [0.15, 0.2) is 78.9 Å². The van der Waals surface area contributed by atoms with Crippen molar-refractivity contribution in [1.82, 2.24) is 31.1 Å². The van der Waals surface area contributed by atoms with Crippen LogP contribution in [0.1, 0.15) is 40.4 Å². The summed E-state index contributed by atoms with van der Waals surface area (Å²) in [5.74, 6) is -0.0567. The molecule has 0 radical (unpaired) electrons. The van der Waals surface area contributed by atoms with Crippen molar-refractivity contribution < 1.29 is 9.59 Å². The third-order valence-corrected chi connectivity index (χ3v) is 5.41. The highest BCUT2D eigenvalue weighted by atomic mass is 16.2. The summed E-state index contributed by atoms with van der Waals surface area (Å²) in [5.41, 5.74) is 9.56. The van der Waals surface area contributed by atoms with E-state index in [-0.39, 0.29) is 11.8 Å². The first-order valence-electron chi connectivity index (χ1n) is 11.2. The third kappa shape index (κ3) is 6.13. The zero-order chi connectivity index (χ0) is 23.8. The molecule has 4 rings (SSSR count). The molecule has 34 heavy (non-hydrogen) atoms. The molecule has 0 unspecified atom stereocenters. The zero-order valence-electron chi connectivity index (χ0n) is 18.9. The van der Waals surface area contributed by atoms with Crippen molar-refractivity contribution in [2.45, 2.75) is 32.7 Å². The molecule has 8 nitrogen and oxygen atoms in total. The topological polar surface area (TPSA) is 102 Å². The molecule has 172 valence electrons. The SMILES string of the molecule is CCc1ccc(CCC(=O)NNC(=O)c2ccc(Cn3nnc(-c4ccccc4)n3)cc2)cc1. The Morgan fingerprint density at radius 3 is 2.21 bits per heavy atom. The molecule has 0 aliphatic rings. The maximum atomic E-state index is 12.4. The van der Waals surface area contributed by atoms with Crippen LogP contribution in [0.4, 0.5) is 0 Å². The van der Waals surface area contributed by atoms with E-state index in [2.05, 4.69) is 45.3 Å². The fourth-order valence-electron chi connectivity index (χ4n) is 3.40. The summed E-state index contributed by atoms with van der Waals surface area (Å²) >= 11 is 0. The molecule has 2 N–H and O–H groups in total. The Balaban J connectivity index is 1.24. The lowest BCUT2D eigenvalue weighted by Gasteiger charge is -2.08. The first-order valence-corrected chi connectivity index (χ1v) is 11.2. The van der Waals surface area contributed by atoms with E-state index in [0.29, 0.717) is 30.8 Å². The lowest BCUT2D eigenvalue weighted by molar-refractivity contribution is -0.121. The first kappa shape index (κ1) is 22.8. The number of hydrogen-bond acceptors (Lipinski definition) is 5. The Morgan fingerprint density at radius 1 is 0.824 bits per heavy atom. The zero-order valence-corrected chi connectivity index (χ0v) is 18.9. The number of carbonyl (C=O) groups excluding carboxylic acids is 2. The van der Waals surface area contributed by atoms with Gasteiger partial charge in [0.1, 0.15) is 0 Å². The number of hydrogen-bond donors (Lipinski definition) is 2. The quantitative estimate of drug-likeness (QED) is 0.398. The maximum Gasteiger partial charge on any atom is 0.269 e. The maximum absolute atomic E-state index is 12.4. The van der Waals surface area contributed by atoms with Crippen LogP contribution in [0.5, 0.6) is 0 Å². The second-order valence-corrected chi connectivity index (χ2v) is 7.88. The summed E-state index contributed by atoms with van der Waals surface area (Å²) < 4.78 is 0. The number of tetrazole rings is 1. The fourth-order valence-corrected chi connectivity index (χ4v) is 3.40. The van der Waals surface area contributed by atoms with Gasteiger partial charge in [-0.05, 0) is 46.9 Å². The standard InChI is InChI=1S/C26H26N6O2/c1-2-19-8-10-20(11-9-19)14-17-24(33)27-29-26(34)23-15-12-21(13-16-23)18-32-30-25(28-31-32)22-6-4-3-5-7-22/h3-13,15-16H,2,14,17-18H2,1H3,(H,27,33)(H,29,34). The highest BCUT2D eigenvalue weighted by molar-refractivity contribution is 5.95. The van der Waals surface area contributed by atoms with Crippen LogP contribution in [0.25, 0.3) is 11.4 Å². The monoisotopic (exact) mass is 454 g/mol. The molecule has 0 spiro atoms. The van der Waals surface area contributed by atoms with E-state index < -0.39 is 0 Å². The average molecular weight is 455 g/mol. The van der Waals surface area contributed by atoms with Crippen LogP contribution in [-0.4, -0.2) is 32.0 Å². The minimum Gasteiger partial charge on any atom is -0.273 e. The van der Waals surface area contributed by atoms with Gasteiger partial charge in [0.05, 0.1) is 6.54 Å². The average Bonchev–Trinajstić information content (AvgIpc) is 3.36. The summed E-state index contributed by atoms with van der Waals surface area (Å²) in [5, 5.41) is 12.6. The highest BCUT2D eigenvalue weighted by Gasteiger charge is 2.09. The molecule has 0 saturated heterocycles. The van der Waals surface area contributed by atoms with Gasteiger partial charge in [-0.2, -0.15) is 4.80 Å². The molecule has 3 aromatic carbocycles. The van der Waals surface area contributed by atoms with E-state index in [4.69, 9.17) is 0 Å². The lowest BCUT2D eigenvalue weighted by atomic mass is 10.1. The van der Waals surface area contributed by atoms with E-state index in [9.17, 15) is 9.59 Å². The smallest absolute Gasteiger partial charge is 0.269 e. The molecule has 1 heterocycles. The van der Waals surface area contributed by atoms with Gasteiger partial charge in [-0.1, -0.05) is 73.7 Å². The summed E-state index contributed by atoms with van der Waals surface area (Å²) in [4.78, 5) is 26.0. The van der Waals surface area contributed by atoms with Gasteiger partial charge in [0.25, 0.3) is 5.91 Å². The van der Waals surface area contributed by atoms with Gasteiger partial charge in [-0.3, -0.25) is 20.4 Å². The molecule has 0 bridgehead atoms. The summed E-state index contributed by atoms with van der Waals surface area (Å²) in [6, 6.07) is 24.9. The summed E-state index contributed by atoms with van der Waals surface area (Å²) in [6.45, 7) is 2.53. The van der Waals surface area contributed by atoms with E-state index in [1.165, 1.54) is 10.4 Å². The Bertz CT molecular complexity index is 1230. The number of hydrazine groups is 1. The number of aryl methyl sites for hydroxylation is 2. The number of amides is 2. The van der Waals surface area contributed by atoms with Crippen molar-refractivity contribution in [3.05, 3.63) is 101 Å². The van der Waals surface area contributed by atoms with Crippen molar-refractivity contribution >= 4 is 11.8 Å². The number of nitrogens with one attached hydrogen (secondary N) is 2. The van der Waals surface area contributed by atoms with Crippen molar-refractivity contribution in [3.63, 3.8) is 0 Å². The lowest BCUT2D eigenvalue weighted by Crippen LogP contribution is -2.41. The highest BCUT2D eigenvalue weighted by Crippen LogP contribution is 2.13. The minimum absolute atomic E-state index is 0.240. The fraction of sp³-hybridized carbons (Fsp3) is 0.192. The summed E-state index contributed by atoms with van der Waals surface area (Å²) in [6.07, 6.45) is 1.89. The van der Waals surface area contributed by atoms with Crippen LogP contribution < -0.4 is 10.9 Å². The van der Waals surface area contributed by atoms with Crippen molar-refractivity contribution in [2.24, 2.45) is 0 Å². The molecule has 0 aliphatic carbocycles. The molecule has 0 fully saturated rings. The van der Waals surface area contributed by atoms with Crippen molar-refractivity contribution in [1.29, 1.82) is 0 Å². The third-order valence-electron chi connectivity index (χ3n) is 5.41. The normalized spacial score (nSPS) is 10.6. The number of rotatable bonds is 8. The molecule has 0 aliphatic heterocycles. The Hall–Kier alpha value is -4.33. The molecular weight excluding hydrogens is 428 g/mol. The number of carbonyl (C=O) groups is 2. The molecule has 1 aromatic heterocycles. The van der Waals surface area contributed by atoms with Gasteiger partial charge in [-0.25, -0.2) is 0 Å². The van der Waals surface area contributed by atoms with Gasteiger partial charge in [-0.15, -0.1) is 10.2 Å². The number of nitrogens with zero attached hydrogens (tertiary/aromatic N) is 4. The number of benzene rings is 3. The Labute approximate surface area is 198 Å². The van der Waals surface area contributed by atoms with E-state index in [0.717, 1.165) is 23.1 Å². The second kappa shape index (κ2) is 11.0. The molecule has 4 aromatic rings. The van der Waals surface area contributed by atoms with Crippen molar-refractivity contribution in [3.8, 4) is 11.4 Å². The van der Waals surface area contributed by atoms with Gasteiger partial charge < -0.3 is 0 Å². The van der Waals surface area contributed by atoms with Gasteiger partial charge in [0, 0.05) is 17.5 Å². The first-order chi connectivity index (χ1) is 16.6. The molecule has 0 saturated carbocycles. The molecule has 2 amide bonds. The van der Waals surface area contributed by atoms with Crippen molar-refractivity contribution in [2.75, 3.05) is 0 Å². The van der Waals surface area contributed by atoms with Crippen LogP contribution in [0.2, 0.25) is 0 Å². The minimum atomic E-state index is -0.377. The van der Waals surface area contributed by atoms with E-state index >= 15 is 0 Å². The predicted octanol–water partition coefficient (Wildman–Crippen LogP) is 3.34. The molecule has 8 heteroatoms. The van der Waals surface area contributed by atoms with E-state index in [1.54, 1.807) is 12.1 Å². The Kier molecular flexibility index (Phi) is 7.39. The predicted molar refractivity (Wildman–Crippen MR) is 129 cm³/mol. The van der Waals surface area contributed by atoms with Gasteiger partial charge in [0.2, 0.25) is 11.7 Å². The van der Waals surface area contributed by atoms with Crippen LogP contribution in [-0.2, 0) is 24.2 Å². The molecule has 0 atom stereocenters. The van der Waals surface area contributed by atoms with Crippen LogP contribution in [0.3, 0.4) is 0 Å².